The third kappa shape index (κ3) is 3.16. The lowest BCUT2D eigenvalue weighted by molar-refractivity contribution is 0.174. The number of aryl methyl sites for hydroxylation is 2. The minimum atomic E-state index is -0.192. The first-order valence-electron chi connectivity index (χ1n) is 8.61. The summed E-state index contributed by atoms with van der Waals surface area (Å²) in [4.78, 5) is 17.5. The highest BCUT2D eigenvalue weighted by Crippen LogP contribution is 2.35. The Morgan fingerprint density at radius 1 is 1.11 bits per heavy atom. The molecule has 0 atom stereocenters. The summed E-state index contributed by atoms with van der Waals surface area (Å²) in [5.41, 5.74) is 1.32. The molecule has 4 heterocycles. The maximum atomic E-state index is 12.2. The first kappa shape index (κ1) is 16.7. The molecule has 0 radical (unpaired) electrons. The van der Waals surface area contributed by atoms with Crippen molar-refractivity contribution < 1.29 is 14.0 Å². The molecule has 5 rings (SSSR count). The van der Waals surface area contributed by atoms with Crippen molar-refractivity contribution in [1.29, 1.82) is 0 Å². The summed E-state index contributed by atoms with van der Waals surface area (Å²) in [5.74, 6) is 2.39. The van der Waals surface area contributed by atoms with Crippen molar-refractivity contribution in [2.24, 2.45) is 0 Å². The Morgan fingerprint density at radius 2 is 2.04 bits per heavy atom. The van der Waals surface area contributed by atoms with E-state index in [9.17, 15) is 4.79 Å². The molecule has 28 heavy (non-hydrogen) atoms. The van der Waals surface area contributed by atoms with Gasteiger partial charge in [0, 0.05) is 18.1 Å². The predicted molar refractivity (Wildman–Crippen MR) is 101 cm³/mol. The highest BCUT2D eigenvalue weighted by molar-refractivity contribution is 7.13. The third-order valence-electron chi connectivity index (χ3n) is 4.28. The van der Waals surface area contributed by atoms with E-state index in [4.69, 9.17) is 14.0 Å². The number of ether oxygens (including phenoxy) is 2. The molecule has 1 aliphatic rings. The summed E-state index contributed by atoms with van der Waals surface area (Å²) in [5, 5.41) is 10.4. The summed E-state index contributed by atoms with van der Waals surface area (Å²) in [6.07, 6.45) is 0.413. The molecule has 0 aliphatic carbocycles. The number of aromatic nitrogens is 4. The summed E-state index contributed by atoms with van der Waals surface area (Å²) < 4.78 is 17.4. The molecule has 9 heteroatoms. The Labute approximate surface area is 163 Å². The van der Waals surface area contributed by atoms with Crippen LogP contribution >= 0.6 is 11.3 Å². The van der Waals surface area contributed by atoms with E-state index in [0.29, 0.717) is 41.9 Å². The average Bonchev–Trinajstić information content (AvgIpc) is 3.47. The summed E-state index contributed by atoms with van der Waals surface area (Å²) in [7, 11) is 0. The Balaban J connectivity index is 1.36. The second-order valence-electron chi connectivity index (χ2n) is 6.09. The van der Waals surface area contributed by atoms with Gasteiger partial charge in [-0.1, -0.05) is 11.2 Å². The average molecular weight is 394 g/mol. The van der Waals surface area contributed by atoms with Crippen LogP contribution in [0.5, 0.6) is 11.5 Å². The van der Waals surface area contributed by atoms with Crippen LogP contribution < -0.4 is 15.0 Å². The molecular formula is C19H14N4O4S. The highest BCUT2D eigenvalue weighted by atomic mass is 32.1. The van der Waals surface area contributed by atoms with Crippen LogP contribution in [-0.4, -0.2) is 26.7 Å². The standard InChI is InChI=1S/C19H14N4O4S/c24-18-6-4-13(12-3-5-14-15(10-12)26-11-25-14)21-23(18)8-7-17-20-19(22-27-17)16-2-1-9-28-16/h1-6,9-10H,7-8,11H2. The number of nitrogens with zero attached hydrogens (tertiary/aromatic N) is 4. The van der Waals surface area contributed by atoms with Crippen LogP contribution in [0.25, 0.3) is 22.0 Å². The molecule has 4 aromatic rings. The lowest BCUT2D eigenvalue weighted by Gasteiger charge is -2.06. The Bertz CT molecular complexity index is 1180. The van der Waals surface area contributed by atoms with Gasteiger partial charge >= 0.3 is 0 Å². The Kier molecular flexibility index (Phi) is 4.13. The van der Waals surface area contributed by atoms with Gasteiger partial charge in [0.2, 0.25) is 18.5 Å². The van der Waals surface area contributed by atoms with Crippen molar-refractivity contribution in [2.75, 3.05) is 6.79 Å². The monoisotopic (exact) mass is 394 g/mol. The summed E-state index contributed by atoms with van der Waals surface area (Å²) in [6.45, 7) is 0.548. The van der Waals surface area contributed by atoms with Crippen molar-refractivity contribution in [1.82, 2.24) is 19.9 Å². The van der Waals surface area contributed by atoms with Gasteiger partial charge < -0.3 is 14.0 Å². The Hall–Kier alpha value is -3.46. The van der Waals surface area contributed by atoms with Crippen molar-refractivity contribution >= 4 is 11.3 Å². The van der Waals surface area contributed by atoms with E-state index in [1.807, 2.05) is 35.7 Å². The molecule has 140 valence electrons. The number of thiophene rings is 1. The quantitative estimate of drug-likeness (QED) is 0.514. The summed E-state index contributed by atoms with van der Waals surface area (Å²) in [6, 6.07) is 12.6. The van der Waals surface area contributed by atoms with Gasteiger partial charge in [-0.25, -0.2) is 4.68 Å². The van der Waals surface area contributed by atoms with Crippen LogP contribution in [0.4, 0.5) is 0 Å². The van der Waals surface area contributed by atoms with E-state index in [1.54, 1.807) is 17.4 Å². The van der Waals surface area contributed by atoms with Gasteiger partial charge in [0.1, 0.15) is 0 Å². The molecule has 8 nitrogen and oxygen atoms in total. The topological polar surface area (TPSA) is 92.3 Å². The van der Waals surface area contributed by atoms with Crippen molar-refractivity contribution in [3.63, 3.8) is 0 Å². The van der Waals surface area contributed by atoms with Crippen LogP contribution in [0.1, 0.15) is 5.89 Å². The number of rotatable bonds is 5. The van der Waals surface area contributed by atoms with Crippen LogP contribution in [0.15, 0.2) is 57.2 Å². The molecule has 0 fully saturated rings. The molecule has 0 spiro atoms. The second-order valence-corrected chi connectivity index (χ2v) is 7.03. The summed E-state index contributed by atoms with van der Waals surface area (Å²) >= 11 is 1.54. The Morgan fingerprint density at radius 3 is 2.93 bits per heavy atom. The lowest BCUT2D eigenvalue weighted by atomic mass is 10.1. The van der Waals surface area contributed by atoms with Gasteiger partial charge in [0.15, 0.2) is 11.5 Å². The minimum absolute atomic E-state index is 0.192. The maximum absolute atomic E-state index is 12.2. The number of hydrogen-bond acceptors (Lipinski definition) is 8. The fraction of sp³-hybridized carbons (Fsp3) is 0.158. The molecule has 1 aliphatic heterocycles. The van der Waals surface area contributed by atoms with E-state index in [1.165, 1.54) is 10.7 Å². The SMILES string of the molecule is O=c1ccc(-c2ccc3c(c2)OCO3)nn1CCc1nc(-c2cccs2)no1. The van der Waals surface area contributed by atoms with Crippen molar-refractivity contribution in [3.8, 4) is 33.5 Å². The predicted octanol–water partition coefficient (Wildman–Crippen LogP) is 2.99. The maximum Gasteiger partial charge on any atom is 0.266 e. The molecule has 0 saturated heterocycles. The number of benzene rings is 1. The van der Waals surface area contributed by atoms with Gasteiger partial charge in [0.05, 0.1) is 17.1 Å². The fourth-order valence-electron chi connectivity index (χ4n) is 2.88. The molecule has 0 N–H and O–H groups in total. The van der Waals surface area contributed by atoms with E-state index in [2.05, 4.69) is 15.2 Å². The van der Waals surface area contributed by atoms with E-state index >= 15 is 0 Å². The van der Waals surface area contributed by atoms with Gasteiger partial charge in [-0.2, -0.15) is 10.1 Å². The van der Waals surface area contributed by atoms with E-state index in [0.717, 1.165) is 10.4 Å². The van der Waals surface area contributed by atoms with Crippen molar-refractivity contribution in [3.05, 3.63) is 64.1 Å². The third-order valence-corrected chi connectivity index (χ3v) is 5.15. The van der Waals surface area contributed by atoms with Gasteiger partial charge in [-0.3, -0.25) is 4.79 Å². The van der Waals surface area contributed by atoms with Crippen molar-refractivity contribution in [2.45, 2.75) is 13.0 Å². The number of hydrogen-bond donors (Lipinski definition) is 0. The van der Waals surface area contributed by atoms with Gasteiger partial charge in [-0.05, 0) is 35.7 Å². The minimum Gasteiger partial charge on any atom is -0.454 e. The normalized spacial score (nSPS) is 12.4. The molecular weight excluding hydrogens is 380 g/mol. The van der Waals surface area contributed by atoms with E-state index < -0.39 is 0 Å². The van der Waals surface area contributed by atoms with Crippen LogP contribution in [0.2, 0.25) is 0 Å². The zero-order valence-corrected chi connectivity index (χ0v) is 15.4. The largest absolute Gasteiger partial charge is 0.454 e. The lowest BCUT2D eigenvalue weighted by Crippen LogP contribution is -2.23. The van der Waals surface area contributed by atoms with Gasteiger partial charge in [-0.15, -0.1) is 11.3 Å². The smallest absolute Gasteiger partial charge is 0.266 e. The molecule has 0 bridgehead atoms. The molecule has 3 aromatic heterocycles. The molecule has 0 saturated carbocycles. The van der Waals surface area contributed by atoms with Crippen LogP contribution in [0.3, 0.4) is 0 Å². The molecule has 1 aromatic carbocycles. The zero-order valence-electron chi connectivity index (χ0n) is 14.6. The molecule has 0 amide bonds. The first-order valence-corrected chi connectivity index (χ1v) is 9.49. The zero-order chi connectivity index (χ0) is 18.9. The fourth-order valence-corrected chi connectivity index (χ4v) is 3.53. The van der Waals surface area contributed by atoms with Crippen LogP contribution in [-0.2, 0) is 13.0 Å². The highest BCUT2D eigenvalue weighted by Gasteiger charge is 2.15. The van der Waals surface area contributed by atoms with Gasteiger partial charge in [0.25, 0.3) is 5.56 Å². The second kappa shape index (κ2) is 6.93. The first-order chi connectivity index (χ1) is 13.8. The van der Waals surface area contributed by atoms with E-state index in [-0.39, 0.29) is 12.4 Å². The molecule has 0 unspecified atom stereocenters. The number of fused-ring (bicyclic) bond motifs is 1. The van der Waals surface area contributed by atoms with Crippen LogP contribution in [0, 0.1) is 0 Å².